The molecule has 0 amide bonds. The van der Waals surface area contributed by atoms with Crippen molar-refractivity contribution in [2.75, 3.05) is 6.26 Å². The Balaban J connectivity index is 2.43. The third-order valence-corrected chi connectivity index (χ3v) is 3.57. The third-order valence-electron chi connectivity index (χ3n) is 2.13. The Labute approximate surface area is 108 Å². The Morgan fingerprint density at radius 1 is 1.18 bits per heavy atom. The van der Waals surface area contributed by atoms with E-state index in [9.17, 15) is 8.42 Å². The van der Waals surface area contributed by atoms with Crippen LogP contribution in [0.1, 0.15) is 0 Å². The minimum atomic E-state index is -3.25. The quantitative estimate of drug-likeness (QED) is 0.798. The van der Waals surface area contributed by atoms with Gasteiger partial charge in [0.15, 0.2) is 14.9 Å². The summed E-state index contributed by atoms with van der Waals surface area (Å²) in [4.78, 5) is 8.18. The molecule has 2 aromatic rings. The average Bonchev–Trinajstić information content (AvgIpc) is 2.28. The van der Waals surface area contributed by atoms with E-state index in [0.717, 1.165) is 22.1 Å². The van der Waals surface area contributed by atoms with Gasteiger partial charge in [-0.15, -0.1) is 0 Å². The van der Waals surface area contributed by atoms with Crippen LogP contribution in [0.2, 0.25) is 0 Å². The second-order valence-corrected chi connectivity index (χ2v) is 6.28. The molecule has 2 rings (SSSR count). The van der Waals surface area contributed by atoms with Gasteiger partial charge in [-0.25, -0.2) is 18.4 Å². The Morgan fingerprint density at radius 3 is 2.47 bits per heavy atom. The summed E-state index contributed by atoms with van der Waals surface area (Å²) in [6.07, 6.45) is 2.64. The normalized spacial score (nSPS) is 11.4. The highest BCUT2D eigenvalue weighted by atomic mass is 79.9. The first-order valence-electron chi connectivity index (χ1n) is 4.76. The van der Waals surface area contributed by atoms with E-state index < -0.39 is 9.84 Å². The first-order chi connectivity index (χ1) is 7.97. The molecule has 6 heteroatoms. The van der Waals surface area contributed by atoms with Crippen LogP contribution in [0.5, 0.6) is 0 Å². The summed E-state index contributed by atoms with van der Waals surface area (Å²) in [5, 5.41) is 0.0660. The van der Waals surface area contributed by atoms with Crippen LogP contribution >= 0.6 is 15.9 Å². The fourth-order valence-corrected chi connectivity index (χ4v) is 2.22. The molecule has 0 unspecified atom stereocenters. The van der Waals surface area contributed by atoms with Crippen LogP contribution in [-0.2, 0) is 9.84 Å². The SMILES string of the molecule is CS(=O)(=O)c1ccc(-c2cccc(Br)n2)cn1. The maximum absolute atomic E-state index is 11.2. The molecule has 0 atom stereocenters. The molecule has 0 saturated heterocycles. The molecule has 2 heterocycles. The second-order valence-electron chi connectivity index (χ2n) is 3.50. The molecule has 2 aromatic heterocycles. The number of hydrogen-bond donors (Lipinski definition) is 0. The number of aromatic nitrogens is 2. The first kappa shape index (κ1) is 12.2. The highest BCUT2D eigenvalue weighted by molar-refractivity contribution is 9.10. The Hall–Kier alpha value is -1.27. The van der Waals surface area contributed by atoms with Gasteiger partial charge in [0.05, 0.1) is 5.69 Å². The third kappa shape index (κ3) is 2.89. The lowest BCUT2D eigenvalue weighted by Crippen LogP contribution is -1.99. The molecule has 0 radical (unpaired) electrons. The van der Waals surface area contributed by atoms with Crippen molar-refractivity contribution in [3.8, 4) is 11.3 Å². The van der Waals surface area contributed by atoms with E-state index in [4.69, 9.17) is 0 Å². The van der Waals surface area contributed by atoms with E-state index in [1.54, 1.807) is 6.07 Å². The van der Waals surface area contributed by atoms with Crippen molar-refractivity contribution in [1.29, 1.82) is 0 Å². The van der Waals surface area contributed by atoms with Crippen molar-refractivity contribution in [2.24, 2.45) is 0 Å². The number of pyridine rings is 2. The molecule has 0 aliphatic carbocycles. The van der Waals surface area contributed by atoms with Gasteiger partial charge in [-0.05, 0) is 40.2 Å². The Morgan fingerprint density at radius 2 is 1.94 bits per heavy atom. The molecule has 88 valence electrons. The number of nitrogens with zero attached hydrogens (tertiary/aromatic N) is 2. The van der Waals surface area contributed by atoms with Gasteiger partial charge in [0.25, 0.3) is 0 Å². The van der Waals surface area contributed by atoms with E-state index in [1.807, 2.05) is 18.2 Å². The lowest BCUT2D eigenvalue weighted by atomic mass is 10.2. The monoisotopic (exact) mass is 312 g/mol. The standard InChI is InChI=1S/C11H9BrN2O2S/c1-17(15,16)11-6-5-8(7-13-11)9-3-2-4-10(12)14-9/h2-7H,1H3. The zero-order valence-corrected chi connectivity index (χ0v) is 11.4. The highest BCUT2D eigenvalue weighted by Gasteiger charge is 2.09. The summed E-state index contributed by atoms with van der Waals surface area (Å²) >= 11 is 3.28. The van der Waals surface area contributed by atoms with Gasteiger partial charge in [-0.2, -0.15) is 0 Å². The first-order valence-corrected chi connectivity index (χ1v) is 7.44. The lowest BCUT2D eigenvalue weighted by molar-refractivity contribution is 0.598. The van der Waals surface area contributed by atoms with Gasteiger partial charge in [0, 0.05) is 18.0 Å². The van der Waals surface area contributed by atoms with Crippen LogP contribution in [0, 0.1) is 0 Å². The van der Waals surface area contributed by atoms with E-state index in [2.05, 4.69) is 25.9 Å². The molecule has 0 aliphatic rings. The molecular formula is C11H9BrN2O2S. The maximum atomic E-state index is 11.2. The maximum Gasteiger partial charge on any atom is 0.192 e. The molecule has 0 bridgehead atoms. The van der Waals surface area contributed by atoms with E-state index in [0.29, 0.717) is 0 Å². The van der Waals surface area contributed by atoms with Crippen molar-refractivity contribution >= 4 is 25.8 Å². The zero-order valence-electron chi connectivity index (χ0n) is 8.96. The Kier molecular flexibility index (Phi) is 3.26. The van der Waals surface area contributed by atoms with Crippen LogP contribution in [0.25, 0.3) is 11.3 Å². The minimum absolute atomic E-state index is 0.0660. The van der Waals surface area contributed by atoms with Crippen molar-refractivity contribution in [1.82, 2.24) is 9.97 Å². The number of sulfone groups is 1. The zero-order chi connectivity index (χ0) is 12.5. The predicted octanol–water partition coefficient (Wildman–Crippen LogP) is 2.31. The fraction of sp³-hybridized carbons (Fsp3) is 0.0909. The number of rotatable bonds is 2. The molecule has 4 nitrogen and oxygen atoms in total. The lowest BCUT2D eigenvalue weighted by Gasteiger charge is -2.02. The summed E-state index contributed by atoms with van der Waals surface area (Å²) in [5.74, 6) is 0. The molecule has 0 N–H and O–H groups in total. The highest BCUT2D eigenvalue weighted by Crippen LogP contribution is 2.19. The van der Waals surface area contributed by atoms with Gasteiger partial charge < -0.3 is 0 Å². The molecule has 0 spiro atoms. The predicted molar refractivity (Wildman–Crippen MR) is 68.3 cm³/mol. The average molecular weight is 313 g/mol. The fourth-order valence-electron chi connectivity index (χ4n) is 1.32. The summed E-state index contributed by atoms with van der Waals surface area (Å²) < 4.78 is 23.2. The Bertz CT molecular complexity index is 639. The van der Waals surface area contributed by atoms with Crippen molar-refractivity contribution in [3.63, 3.8) is 0 Å². The van der Waals surface area contributed by atoms with Crippen LogP contribution in [0.15, 0.2) is 46.2 Å². The van der Waals surface area contributed by atoms with Crippen molar-refractivity contribution < 1.29 is 8.42 Å². The number of halogens is 1. The van der Waals surface area contributed by atoms with Gasteiger partial charge >= 0.3 is 0 Å². The molecule has 17 heavy (non-hydrogen) atoms. The summed E-state index contributed by atoms with van der Waals surface area (Å²) in [7, 11) is -3.25. The van der Waals surface area contributed by atoms with Crippen LogP contribution in [0.3, 0.4) is 0 Å². The van der Waals surface area contributed by atoms with Gasteiger partial charge in [0.1, 0.15) is 4.60 Å². The smallest absolute Gasteiger partial charge is 0.192 e. The topological polar surface area (TPSA) is 59.9 Å². The summed E-state index contributed by atoms with van der Waals surface area (Å²) in [6, 6.07) is 8.69. The van der Waals surface area contributed by atoms with Crippen LogP contribution in [0.4, 0.5) is 0 Å². The van der Waals surface area contributed by atoms with E-state index in [-0.39, 0.29) is 5.03 Å². The largest absolute Gasteiger partial charge is 0.244 e. The van der Waals surface area contributed by atoms with Crippen LogP contribution in [-0.4, -0.2) is 24.6 Å². The summed E-state index contributed by atoms with van der Waals surface area (Å²) in [5.41, 5.74) is 1.52. The van der Waals surface area contributed by atoms with Gasteiger partial charge in [-0.3, -0.25) is 0 Å². The molecule has 0 saturated carbocycles. The summed E-state index contributed by atoms with van der Waals surface area (Å²) in [6.45, 7) is 0. The van der Waals surface area contributed by atoms with Gasteiger partial charge in [0.2, 0.25) is 0 Å². The van der Waals surface area contributed by atoms with Crippen molar-refractivity contribution in [2.45, 2.75) is 5.03 Å². The van der Waals surface area contributed by atoms with Gasteiger partial charge in [-0.1, -0.05) is 6.07 Å². The van der Waals surface area contributed by atoms with E-state index >= 15 is 0 Å². The molecular weight excluding hydrogens is 304 g/mol. The minimum Gasteiger partial charge on any atom is -0.244 e. The number of hydrogen-bond acceptors (Lipinski definition) is 4. The van der Waals surface area contributed by atoms with E-state index in [1.165, 1.54) is 12.3 Å². The van der Waals surface area contributed by atoms with Crippen molar-refractivity contribution in [3.05, 3.63) is 41.1 Å². The molecule has 0 aromatic carbocycles. The van der Waals surface area contributed by atoms with Crippen LogP contribution < -0.4 is 0 Å². The molecule has 0 fully saturated rings. The molecule has 0 aliphatic heterocycles. The second kappa shape index (κ2) is 4.54.